The predicted octanol–water partition coefficient (Wildman–Crippen LogP) is 2.68. The zero-order valence-corrected chi connectivity index (χ0v) is 13.9. The minimum atomic E-state index is 0.621. The van der Waals surface area contributed by atoms with Crippen LogP contribution in [0.15, 0.2) is 0 Å². The molecule has 5 heteroatoms. The molecule has 0 spiro atoms. The molecule has 1 saturated heterocycles. The van der Waals surface area contributed by atoms with Gasteiger partial charge in [-0.1, -0.05) is 13.8 Å². The molecular formula is C15H27N3OS. The van der Waals surface area contributed by atoms with Gasteiger partial charge in [0, 0.05) is 37.7 Å². The minimum absolute atomic E-state index is 0.621. The van der Waals surface area contributed by atoms with Crippen LogP contribution in [0.25, 0.3) is 0 Å². The van der Waals surface area contributed by atoms with Crippen LogP contribution in [-0.2, 0) is 17.7 Å². The monoisotopic (exact) mass is 297 g/mol. The number of hydrogen-bond acceptors (Lipinski definition) is 5. The quantitative estimate of drug-likeness (QED) is 0.785. The number of nitrogens with zero attached hydrogens (tertiary/aromatic N) is 2. The molecule has 0 radical (unpaired) electrons. The van der Waals surface area contributed by atoms with Crippen LogP contribution in [0.2, 0.25) is 0 Å². The predicted molar refractivity (Wildman–Crippen MR) is 85.7 cm³/mol. The van der Waals surface area contributed by atoms with Gasteiger partial charge in [0.2, 0.25) is 0 Å². The van der Waals surface area contributed by atoms with Crippen LogP contribution >= 0.6 is 11.3 Å². The van der Waals surface area contributed by atoms with Gasteiger partial charge in [0.25, 0.3) is 0 Å². The van der Waals surface area contributed by atoms with Gasteiger partial charge in [0.1, 0.15) is 0 Å². The van der Waals surface area contributed by atoms with Gasteiger partial charge in [-0.15, -0.1) is 11.3 Å². The highest BCUT2D eigenvalue weighted by molar-refractivity contribution is 7.15. The SMILES string of the molecule is CCc1nc(N2CC(C)CC2C)sc1CNCCOC. The molecule has 4 nitrogen and oxygen atoms in total. The Bertz CT molecular complexity index is 421. The van der Waals surface area contributed by atoms with E-state index in [0.717, 1.165) is 38.6 Å². The molecule has 0 saturated carbocycles. The van der Waals surface area contributed by atoms with Crippen LogP contribution in [0.1, 0.15) is 37.8 Å². The molecule has 1 N–H and O–H groups in total. The van der Waals surface area contributed by atoms with Crippen LogP contribution in [0, 0.1) is 5.92 Å². The number of ether oxygens (including phenoxy) is 1. The first kappa shape index (κ1) is 15.7. The summed E-state index contributed by atoms with van der Waals surface area (Å²) in [5.41, 5.74) is 1.25. The van der Waals surface area contributed by atoms with Gasteiger partial charge in [-0.3, -0.25) is 0 Å². The molecule has 2 heterocycles. The third-order valence-corrected chi connectivity index (χ3v) is 5.03. The summed E-state index contributed by atoms with van der Waals surface area (Å²) in [5.74, 6) is 0.780. The Morgan fingerprint density at radius 2 is 2.25 bits per heavy atom. The van der Waals surface area contributed by atoms with Crippen LogP contribution in [0.4, 0.5) is 5.13 Å². The number of aryl methyl sites for hydroxylation is 1. The molecule has 1 aromatic rings. The highest BCUT2D eigenvalue weighted by Gasteiger charge is 2.28. The van der Waals surface area contributed by atoms with E-state index in [9.17, 15) is 0 Å². The second kappa shape index (κ2) is 7.38. The number of anilines is 1. The first-order valence-electron chi connectivity index (χ1n) is 7.60. The Morgan fingerprint density at radius 3 is 2.85 bits per heavy atom. The fourth-order valence-electron chi connectivity index (χ4n) is 2.85. The average molecular weight is 297 g/mol. The first-order valence-corrected chi connectivity index (χ1v) is 8.42. The summed E-state index contributed by atoms with van der Waals surface area (Å²) in [6.45, 7) is 10.5. The largest absolute Gasteiger partial charge is 0.383 e. The van der Waals surface area contributed by atoms with Crippen molar-refractivity contribution in [2.24, 2.45) is 5.92 Å². The Kier molecular flexibility index (Phi) is 5.81. The molecule has 1 aliphatic heterocycles. The van der Waals surface area contributed by atoms with Crippen LogP contribution in [-0.4, -0.2) is 37.8 Å². The van der Waals surface area contributed by atoms with Gasteiger partial charge in [-0.05, 0) is 25.7 Å². The Hall–Kier alpha value is -0.650. The number of aromatic nitrogens is 1. The normalized spacial score (nSPS) is 22.7. The van der Waals surface area contributed by atoms with Crippen molar-refractivity contribution < 1.29 is 4.74 Å². The van der Waals surface area contributed by atoms with E-state index in [-0.39, 0.29) is 0 Å². The highest BCUT2D eigenvalue weighted by Crippen LogP contribution is 2.33. The summed E-state index contributed by atoms with van der Waals surface area (Å²) >= 11 is 1.86. The van der Waals surface area contributed by atoms with Crippen LogP contribution in [0.5, 0.6) is 0 Å². The molecule has 0 bridgehead atoms. The molecule has 1 aromatic heterocycles. The number of nitrogens with one attached hydrogen (secondary N) is 1. The molecule has 0 amide bonds. The van der Waals surface area contributed by atoms with Gasteiger partial charge in [-0.25, -0.2) is 4.98 Å². The Balaban J connectivity index is 2.02. The van der Waals surface area contributed by atoms with Crippen LogP contribution < -0.4 is 10.2 Å². The standard InChI is InChI=1S/C15H27N3OS/c1-5-13-14(9-16-6-7-19-4)20-15(17-13)18-10-11(2)8-12(18)3/h11-12,16H,5-10H2,1-4H3. The summed E-state index contributed by atoms with van der Waals surface area (Å²) in [6, 6.07) is 0.621. The molecule has 0 aromatic carbocycles. The lowest BCUT2D eigenvalue weighted by molar-refractivity contribution is 0.199. The molecule has 1 aliphatic rings. The maximum Gasteiger partial charge on any atom is 0.186 e. The highest BCUT2D eigenvalue weighted by atomic mass is 32.1. The Morgan fingerprint density at radius 1 is 1.45 bits per heavy atom. The van der Waals surface area contributed by atoms with Crippen molar-refractivity contribution in [3.05, 3.63) is 10.6 Å². The molecule has 2 unspecified atom stereocenters. The van der Waals surface area contributed by atoms with Gasteiger partial charge in [0.05, 0.1) is 12.3 Å². The van der Waals surface area contributed by atoms with E-state index in [0.29, 0.717) is 6.04 Å². The van der Waals surface area contributed by atoms with Crippen molar-refractivity contribution in [2.75, 3.05) is 31.7 Å². The number of thiazole rings is 1. The van der Waals surface area contributed by atoms with E-state index in [4.69, 9.17) is 9.72 Å². The van der Waals surface area contributed by atoms with E-state index < -0.39 is 0 Å². The maximum atomic E-state index is 5.07. The van der Waals surface area contributed by atoms with Crippen molar-refractivity contribution in [1.82, 2.24) is 10.3 Å². The second-order valence-electron chi connectivity index (χ2n) is 5.73. The van der Waals surface area contributed by atoms with Crippen molar-refractivity contribution >= 4 is 16.5 Å². The van der Waals surface area contributed by atoms with Crippen molar-refractivity contribution in [1.29, 1.82) is 0 Å². The third kappa shape index (κ3) is 3.71. The van der Waals surface area contributed by atoms with E-state index >= 15 is 0 Å². The summed E-state index contributed by atoms with van der Waals surface area (Å²) < 4.78 is 5.07. The van der Waals surface area contributed by atoms with Crippen molar-refractivity contribution in [3.63, 3.8) is 0 Å². The zero-order valence-electron chi connectivity index (χ0n) is 13.1. The first-order chi connectivity index (χ1) is 9.65. The van der Waals surface area contributed by atoms with Crippen molar-refractivity contribution in [3.8, 4) is 0 Å². The van der Waals surface area contributed by atoms with Crippen LogP contribution in [0.3, 0.4) is 0 Å². The fourth-order valence-corrected chi connectivity index (χ4v) is 4.08. The van der Waals surface area contributed by atoms with Gasteiger partial charge >= 0.3 is 0 Å². The minimum Gasteiger partial charge on any atom is -0.383 e. The lowest BCUT2D eigenvalue weighted by Gasteiger charge is -2.20. The molecule has 1 fully saturated rings. The summed E-state index contributed by atoms with van der Waals surface area (Å²) in [5, 5.41) is 4.64. The molecule has 114 valence electrons. The second-order valence-corrected chi connectivity index (χ2v) is 6.79. The number of methoxy groups -OCH3 is 1. The van der Waals surface area contributed by atoms with Gasteiger partial charge < -0.3 is 15.0 Å². The molecule has 0 aliphatic carbocycles. The van der Waals surface area contributed by atoms with E-state index in [2.05, 4.69) is 31.0 Å². The van der Waals surface area contributed by atoms with E-state index in [1.54, 1.807) is 7.11 Å². The topological polar surface area (TPSA) is 37.4 Å². The van der Waals surface area contributed by atoms with E-state index in [1.165, 1.54) is 22.1 Å². The Labute approximate surface area is 126 Å². The summed E-state index contributed by atoms with van der Waals surface area (Å²) in [7, 11) is 1.74. The molecule has 2 atom stereocenters. The smallest absolute Gasteiger partial charge is 0.186 e. The zero-order chi connectivity index (χ0) is 14.5. The summed E-state index contributed by atoms with van der Waals surface area (Å²) in [4.78, 5) is 8.73. The molecule has 2 rings (SSSR count). The molecule has 20 heavy (non-hydrogen) atoms. The van der Waals surface area contributed by atoms with Gasteiger partial charge in [0.15, 0.2) is 5.13 Å². The average Bonchev–Trinajstić information content (AvgIpc) is 2.97. The lowest BCUT2D eigenvalue weighted by atomic mass is 10.1. The van der Waals surface area contributed by atoms with E-state index in [1.807, 2.05) is 11.3 Å². The lowest BCUT2D eigenvalue weighted by Crippen LogP contribution is -2.26. The van der Waals surface area contributed by atoms with Crippen molar-refractivity contribution in [2.45, 2.75) is 46.2 Å². The molecular weight excluding hydrogens is 270 g/mol. The third-order valence-electron chi connectivity index (χ3n) is 3.90. The maximum absolute atomic E-state index is 5.07. The number of hydrogen-bond donors (Lipinski definition) is 1. The fraction of sp³-hybridized carbons (Fsp3) is 0.800. The summed E-state index contributed by atoms with van der Waals surface area (Å²) in [6.07, 6.45) is 2.29. The van der Waals surface area contributed by atoms with Gasteiger partial charge in [-0.2, -0.15) is 0 Å². The number of rotatable bonds is 7.